The number of benzene rings is 1. The summed E-state index contributed by atoms with van der Waals surface area (Å²) < 4.78 is 70.9. The molecule has 8 bridgehead atoms. The number of halogens is 7. The van der Waals surface area contributed by atoms with Crippen molar-refractivity contribution in [2.24, 2.45) is 0 Å². The van der Waals surface area contributed by atoms with Crippen molar-refractivity contribution in [1.29, 1.82) is 0 Å². The molecule has 0 saturated carbocycles. The number of hydrogen-bond acceptors (Lipinski definition) is 2. The first kappa shape index (κ1) is 29.1. The normalized spacial score (nSPS) is 11.5. The maximum Gasteiger partial charge on any atom is 2.00 e. The van der Waals surface area contributed by atoms with E-state index in [-0.39, 0.29) is 53.0 Å². The van der Waals surface area contributed by atoms with Crippen LogP contribution < -0.4 is 24.8 Å². The van der Waals surface area contributed by atoms with E-state index in [1.807, 2.05) is 24.3 Å². The molecule has 0 aliphatic carbocycles. The van der Waals surface area contributed by atoms with Crippen molar-refractivity contribution in [2.75, 3.05) is 0 Å². The van der Waals surface area contributed by atoms with Gasteiger partial charge in [0, 0.05) is 27.6 Å². The molecule has 194 valence electrons. The third-order valence-corrected chi connectivity index (χ3v) is 5.65. The van der Waals surface area contributed by atoms with Crippen LogP contribution in [0, 0.1) is 29.1 Å². The molecule has 4 nitrogen and oxygen atoms in total. The van der Waals surface area contributed by atoms with Crippen LogP contribution >= 0.6 is 0 Å². The van der Waals surface area contributed by atoms with Crippen molar-refractivity contribution < 1.29 is 63.8 Å². The minimum atomic E-state index is -2.21. The fourth-order valence-corrected chi connectivity index (χ4v) is 4.07. The Labute approximate surface area is 235 Å². The molecule has 12 heteroatoms. The van der Waals surface area contributed by atoms with Crippen LogP contribution in [0.15, 0.2) is 42.5 Å². The van der Waals surface area contributed by atoms with Crippen LogP contribution in [0.1, 0.15) is 22.8 Å². The average Bonchev–Trinajstić information content (AvgIpc) is 3.62. The predicted molar refractivity (Wildman–Crippen MR) is 124 cm³/mol. The minimum absolute atomic E-state index is 0. The zero-order valence-corrected chi connectivity index (χ0v) is 21.4. The standard InChI is InChI=1S/C26H13F5N4.2ClH.Fe/c27-22-21(23(28)25(30)26(31)24(22)29)19-10-18-9-16-4-3-14(33-16)7-12-1-2-13(32-12)8-15-5-6-17(34-15)11-20(19)35-18;;;/h1-11,32,35H;2*1H;/q;;;+2/p-2. The topological polar surface area (TPSA) is 57.4 Å². The summed E-state index contributed by atoms with van der Waals surface area (Å²) in [5, 5.41) is 0. The summed E-state index contributed by atoms with van der Waals surface area (Å²) in [6.45, 7) is 0. The Bertz CT molecular complexity index is 1750. The van der Waals surface area contributed by atoms with Crippen LogP contribution in [-0.2, 0) is 17.1 Å². The third-order valence-electron chi connectivity index (χ3n) is 5.65. The molecule has 2 N–H and O–H groups in total. The zero-order chi connectivity index (χ0) is 24.3. The molecule has 6 rings (SSSR count). The molecule has 0 saturated heterocycles. The van der Waals surface area contributed by atoms with Gasteiger partial charge in [0.1, 0.15) is 0 Å². The largest absolute Gasteiger partial charge is 2.00 e. The van der Waals surface area contributed by atoms with Crippen LogP contribution in [0.5, 0.6) is 0 Å². The first-order chi connectivity index (χ1) is 16.9. The van der Waals surface area contributed by atoms with E-state index < -0.39 is 34.6 Å². The number of nitrogens with zero attached hydrogens (tertiary/aromatic N) is 2. The molecule has 2 aliphatic heterocycles. The summed E-state index contributed by atoms with van der Waals surface area (Å²) in [5.74, 6) is -10.1. The maximum atomic E-state index is 14.7. The summed E-state index contributed by atoms with van der Waals surface area (Å²) in [4.78, 5) is 15.2. The van der Waals surface area contributed by atoms with Crippen LogP contribution in [0.4, 0.5) is 22.0 Å². The van der Waals surface area contributed by atoms with Gasteiger partial charge in [-0.3, -0.25) is 0 Å². The van der Waals surface area contributed by atoms with E-state index in [9.17, 15) is 22.0 Å². The van der Waals surface area contributed by atoms with E-state index in [4.69, 9.17) is 0 Å². The molecule has 0 radical (unpaired) electrons. The fraction of sp³-hybridized carbons (Fsp3) is 0. The quantitative estimate of drug-likeness (QED) is 0.128. The van der Waals surface area contributed by atoms with E-state index in [1.54, 1.807) is 30.4 Å². The molecule has 0 unspecified atom stereocenters. The molecule has 3 aromatic heterocycles. The van der Waals surface area contributed by atoms with Gasteiger partial charge in [-0.15, -0.1) is 0 Å². The van der Waals surface area contributed by atoms with Gasteiger partial charge in [-0.1, -0.05) is 0 Å². The van der Waals surface area contributed by atoms with Gasteiger partial charge in [-0.05, 0) is 66.8 Å². The van der Waals surface area contributed by atoms with Gasteiger partial charge in [-0.25, -0.2) is 31.9 Å². The second-order valence-electron chi connectivity index (χ2n) is 8.03. The zero-order valence-electron chi connectivity index (χ0n) is 18.7. The van der Waals surface area contributed by atoms with Gasteiger partial charge in [0.2, 0.25) is 5.82 Å². The van der Waals surface area contributed by atoms with Gasteiger partial charge < -0.3 is 34.8 Å². The summed E-state index contributed by atoms with van der Waals surface area (Å²) >= 11 is 0. The molecule has 0 amide bonds. The van der Waals surface area contributed by atoms with Gasteiger partial charge >= 0.3 is 17.1 Å². The van der Waals surface area contributed by atoms with E-state index in [0.717, 1.165) is 11.0 Å². The second-order valence-corrected chi connectivity index (χ2v) is 8.03. The molecule has 1 aromatic carbocycles. The van der Waals surface area contributed by atoms with E-state index in [0.29, 0.717) is 28.3 Å². The molecule has 0 spiro atoms. The van der Waals surface area contributed by atoms with Crippen LogP contribution in [0.3, 0.4) is 0 Å². The predicted octanol–water partition coefficient (Wildman–Crippen LogP) is 1.02. The second kappa shape index (κ2) is 11.1. The Balaban J connectivity index is 0.00000133. The molecule has 2 aliphatic rings. The summed E-state index contributed by atoms with van der Waals surface area (Å²) in [6.07, 6.45) is 6.95. The molecule has 5 heterocycles. The monoisotopic (exact) mass is 602 g/mol. The van der Waals surface area contributed by atoms with E-state index in [1.165, 1.54) is 12.1 Å². The molecule has 0 atom stereocenters. The third kappa shape index (κ3) is 5.13. The molecular formula is C26H13Cl2F5FeN4. The van der Waals surface area contributed by atoms with Gasteiger partial charge in [0.05, 0.1) is 28.3 Å². The van der Waals surface area contributed by atoms with Crippen molar-refractivity contribution >= 4 is 46.4 Å². The molecule has 4 aromatic rings. The summed E-state index contributed by atoms with van der Waals surface area (Å²) in [6, 6.07) is 11.8. The van der Waals surface area contributed by atoms with Gasteiger partial charge in [-0.2, -0.15) is 0 Å². The van der Waals surface area contributed by atoms with Crippen molar-refractivity contribution in [1.82, 2.24) is 19.9 Å². The van der Waals surface area contributed by atoms with Crippen molar-refractivity contribution in [3.05, 3.63) is 94.3 Å². The SMILES string of the molecule is Fc1c(F)c(F)c(-c2cc3cc4nc(cc5ccc(cc6nc(cc2[nH]3)C=C6)[nH]5)C=C4)c(F)c1F.[Cl-].[Cl-].[Fe+2]. The Morgan fingerprint density at radius 2 is 0.921 bits per heavy atom. The Kier molecular flexibility index (Phi) is 8.53. The number of nitrogens with one attached hydrogen (secondary N) is 2. The Morgan fingerprint density at radius 1 is 0.500 bits per heavy atom. The maximum absolute atomic E-state index is 14.7. The van der Waals surface area contributed by atoms with Gasteiger partial charge in [0.25, 0.3) is 0 Å². The first-order valence-corrected chi connectivity index (χ1v) is 10.5. The van der Waals surface area contributed by atoms with Gasteiger partial charge in [0.15, 0.2) is 23.3 Å². The Hall–Kier alpha value is -3.43. The Morgan fingerprint density at radius 3 is 1.42 bits per heavy atom. The van der Waals surface area contributed by atoms with E-state index in [2.05, 4.69) is 19.9 Å². The molecule has 0 fully saturated rings. The van der Waals surface area contributed by atoms with Crippen molar-refractivity contribution in [3.8, 4) is 11.1 Å². The minimum Gasteiger partial charge on any atom is -1.00 e. The van der Waals surface area contributed by atoms with Crippen LogP contribution in [0.25, 0.3) is 57.5 Å². The first-order valence-electron chi connectivity index (χ1n) is 10.5. The number of fused-ring (bicyclic) bond motifs is 8. The average molecular weight is 603 g/mol. The summed E-state index contributed by atoms with van der Waals surface area (Å²) in [5.41, 5.74) is 3.13. The smallest absolute Gasteiger partial charge is 1.00 e. The van der Waals surface area contributed by atoms with Crippen LogP contribution in [0.2, 0.25) is 0 Å². The molecule has 38 heavy (non-hydrogen) atoms. The van der Waals surface area contributed by atoms with Crippen LogP contribution in [-0.4, -0.2) is 19.9 Å². The number of hydrogen-bond donors (Lipinski definition) is 2. The van der Waals surface area contributed by atoms with E-state index >= 15 is 0 Å². The number of rotatable bonds is 1. The number of H-pyrrole nitrogens is 2. The van der Waals surface area contributed by atoms with Crippen molar-refractivity contribution in [3.63, 3.8) is 0 Å². The number of aromatic amines is 2. The number of aromatic nitrogens is 4. The molecular weight excluding hydrogens is 590 g/mol. The fourth-order valence-electron chi connectivity index (χ4n) is 4.07. The summed E-state index contributed by atoms with van der Waals surface area (Å²) in [7, 11) is 0. The van der Waals surface area contributed by atoms with Crippen molar-refractivity contribution in [2.45, 2.75) is 0 Å².